The second-order valence-corrected chi connectivity index (χ2v) is 4.22. The molecule has 1 atom stereocenters. The molecule has 1 unspecified atom stereocenters. The highest BCUT2D eigenvalue weighted by Gasteiger charge is 2.29. The molecule has 0 fully saturated rings. The van der Waals surface area contributed by atoms with Gasteiger partial charge in [0, 0.05) is 37.2 Å². The van der Waals surface area contributed by atoms with E-state index in [0.717, 1.165) is 17.8 Å². The van der Waals surface area contributed by atoms with Gasteiger partial charge in [-0.15, -0.1) is 0 Å². The number of carboxylic acids is 1. The maximum atomic E-state index is 10.6. The summed E-state index contributed by atoms with van der Waals surface area (Å²) in [5, 5.41) is 18.5. The molecular formula is C12H15NO3. The number of carboxylic acid groups (broad SMARTS) is 1. The molecule has 0 aliphatic carbocycles. The molecule has 1 aromatic carbocycles. The number of rotatable bonds is 3. The lowest BCUT2D eigenvalue weighted by Gasteiger charge is -2.11. The SMILES string of the molecule is CN1CC(CCC(=O)O)c2c(O)cccc21. The molecule has 86 valence electrons. The van der Waals surface area contributed by atoms with Crippen molar-refractivity contribution < 1.29 is 15.0 Å². The van der Waals surface area contributed by atoms with Gasteiger partial charge in [-0.2, -0.15) is 0 Å². The van der Waals surface area contributed by atoms with Crippen molar-refractivity contribution in [3.8, 4) is 5.75 Å². The predicted molar refractivity (Wildman–Crippen MR) is 61.0 cm³/mol. The van der Waals surface area contributed by atoms with Crippen molar-refractivity contribution in [1.29, 1.82) is 0 Å². The smallest absolute Gasteiger partial charge is 0.303 e. The van der Waals surface area contributed by atoms with E-state index in [1.54, 1.807) is 6.07 Å². The standard InChI is InChI=1S/C12H15NO3/c1-13-7-8(5-6-11(15)16)12-9(13)3-2-4-10(12)14/h2-4,8,14H,5-7H2,1H3,(H,15,16). The maximum absolute atomic E-state index is 10.6. The highest BCUT2D eigenvalue weighted by Crippen LogP contribution is 2.42. The average Bonchev–Trinajstić information content (AvgIpc) is 2.55. The van der Waals surface area contributed by atoms with Crippen LogP contribution in [0.5, 0.6) is 5.75 Å². The molecule has 0 amide bonds. The summed E-state index contributed by atoms with van der Waals surface area (Å²) in [4.78, 5) is 12.6. The van der Waals surface area contributed by atoms with Gasteiger partial charge in [0.05, 0.1) is 0 Å². The molecule has 0 bridgehead atoms. The fourth-order valence-corrected chi connectivity index (χ4v) is 2.35. The Morgan fingerprint density at radius 2 is 2.31 bits per heavy atom. The van der Waals surface area contributed by atoms with Gasteiger partial charge in [0.25, 0.3) is 0 Å². The molecule has 16 heavy (non-hydrogen) atoms. The number of anilines is 1. The third-order valence-electron chi connectivity index (χ3n) is 3.08. The minimum atomic E-state index is -0.786. The number of fused-ring (bicyclic) bond motifs is 1. The predicted octanol–water partition coefficient (Wildman–Crippen LogP) is 1.79. The van der Waals surface area contributed by atoms with Gasteiger partial charge in [0.2, 0.25) is 0 Å². The number of hydrogen-bond acceptors (Lipinski definition) is 3. The summed E-state index contributed by atoms with van der Waals surface area (Å²) in [7, 11) is 1.96. The van der Waals surface area contributed by atoms with E-state index < -0.39 is 5.97 Å². The monoisotopic (exact) mass is 221 g/mol. The minimum absolute atomic E-state index is 0.122. The first-order chi connectivity index (χ1) is 7.59. The third kappa shape index (κ3) is 1.83. The number of aromatic hydroxyl groups is 1. The summed E-state index contributed by atoms with van der Waals surface area (Å²) in [6.07, 6.45) is 0.719. The van der Waals surface area contributed by atoms with Crippen molar-refractivity contribution in [2.24, 2.45) is 0 Å². The van der Waals surface area contributed by atoms with Crippen LogP contribution in [0, 0.1) is 0 Å². The van der Waals surface area contributed by atoms with Crippen molar-refractivity contribution in [3.05, 3.63) is 23.8 Å². The molecule has 0 aromatic heterocycles. The Balaban J connectivity index is 2.24. The van der Waals surface area contributed by atoms with Crippen molar-refractivity contribution in [1.82, 2.24) is 0 Å². The zero-order chi connectivity index (χ0) is 11.7. The van der Waals surface area contributed by atoms with E-state index >= 15 is 0 Å². The molecule has 1 aromatic rings. The van der Waals surface area contributed by atoms with Crippen LogP contribution in [0.2, 0.25) is 0 Å². The first kappa shape index (κ1) is 10.8. The summed E-state index contributed by atoms with van der Waals surface area (Å²) in [5.41, 5.74) is 1.90. The van der Waals surface area contributed by atoms with Crippen LogP contribution in [-0.4, -0.2) is 29.8 Å². The summed E-state index contributed by atoms with van der Waals surface area (Å²) in [6.45, 7) is 0.778. The second-order valence-electron chi connectivity index (χ2n) is 4.22. The summed E-state index contributed by atoms with van der Waals surface area (Å²) in [6, 6.07) is 5.42. The molecule has 1 heterocycles. The fraction of sp³-hybridized carbons (Fsp3) is 0.417. The van der Waals surface area contributed by atoms with Gasteiger partial charge >= 0.3 is 5.97 Å². The Kier molecular flexibility index (Phi) is 2.73. The van der Waals surface area contributed by atoms with Crippen LogP contribution in [0.4, 0.5) is 5.69 Å². The molecule has 4 nitrogen and oxygen atoms in total. The summed E-state index contributed by atoms with van der Waals surface area (Å²) in [5.74, 6) is -0.388. The van der Waals surface area contributed by atoms with Gasteiger partial charge in [-0.05, 0) is 18.6 Å². The van der Waals surface area contributed by atoms with Gasteiger partial charge < -0.3 is 15.1 Å². The van der Waals surface area contributed by atoms with E-state index in [9.17, 15) is 9.90 Å². The van der Waals surface area contributed by atoms with Gasteiger partial charge in [-0.25, -0.2) is 0 Å². The van der Waals surface area contributed by atoms with Crippen LogP contribution in [0.1, 0.15) is 24.3 Å². The third-order valence-corrected chi connectivity index (χ3v) is 3.08. The largest absolute Gasteiger partial charge is 0.508 e. The maximum Gasteiger partial charge on any atom is 0.303 e. The zero-order valence-corrected chi connectivity index (χ0v) is 9.18. The average molecular weight is 221 g/mol. The molecule has 0 spiro atoms. The minimum Gasteiger partial charge on any atom is -0.508 e. The Morgan fingerprint density at radius 1 is 1.56 bits per heavy atom. The van der Waals surface area contributed by atoms with Crippen molar-refractivity contribution in [3.63, 3.8) is 0 Å². The van der Waals surface area contributed by atoms with Crippen molar-refractivity contribution in [2.45, 2.75) is 18.8 Å². The summed E-state index contributed by atoms with van der Waals surface area (Å²) >= 11 is 0. The number of aliphatic carboxylic acids is 1. The quantitative estimate of drug-likeness (QED) is 0.817. The normalized spacial score (nSPS) is 18.6. The number of carbonyl (C=O) groups is 1. The van der Waals surface area contributed by atoms with E-state index in [1.165, 1.54) is 0 Å². The van der Waals surface area contributed by atoms with Crippen LogP contribution >= 0.6 is 0 Å². The second kappa shape index (κ2) is 4.04. The molecule has 0 saturated carbocycles. The number of benzene rings is 1. The van der Waals surface area contributed by atoms with E-state index in [0.29, 0.717) is 6.42 Å². The molecule has 4 heteroatoms. The number of phenolic OH excluding ortho intramolecular Hbond substituents is 1. The molecule has 0 saturated heterocycles. The molecule has 0 radical (unpaired) electrons. The van der Waals surface area contributed by atoms with E-state index in [1.807, 2.05) is 19.2 Å². The number of phenols is 1. The van der Waals surface area contributed by atoms with Gasteiger partial charge in [0.1, 0.15) is 5.75 Å². The van der Waals surface area contributed by atoms with Crippen LogP contribution in [0.25, 0.3) is 0 Å². The molecule has 1 aliphatic heterocycles. The lowest BCUT2D eigenvalue weighted by molar-refractivity contribution is -0.137. The van der Waals surface area contributed by atoms with Gasteiger partial charge in [0.15, 0.2) is 0 Å². The lowest BCUT2D eigenvalue weighted by atomic mass is 9.95. The van der Waals surface area contributed by atoms with Crippen molar-refractivity contribution >= 4 is 11.7 Å². The van der Waals surface area contributed by atoms with Gasteiger partial charge in [-0.3, -0.25) is 4.79 Å². The first-order valence-corrected chi connectivity index (χ1v) is 5.34. The molecule has 2 N–H and O–H groups in total. The number of likely N-dealkylation sites (N-methyl/N-ethyl adjacent to an activating group) is 1. The number of hydrogen-bond donors (Lipinski definition) is 2. The van der Waals surface area contributed by atoms with Crippen LogP contribution in [0.15, 0.2) is 18.2 Å². The first-order valence-electron chi connectivity index (χ1n) is 5.34. The topological polar surface area (TPSA) is 60.8 Å². The zero-order valence-electron chi connectivity index (χ0n) is 9.18. The Labute approximate surface area is 94.1 Å². The molecule has 1 aliphatic rings. The van der Waals surface area contributed by atoms with E-state index in [4.69, 9.17) is 5.11 Å². The van der Waals surface area contributed by atoms with Gasteiger partial charge in [-0.1, -0.05) is 6.07 Å². The van der Waals surface area contributed by atoms with Crippen molar-refractivity contribution in [2.75, 3.05) is 18.5 Å². The van der Waals surface area contributed by atoms with E-state index in [-0.39, 0.29) is 18.1 Å². The lowest BCUT2D eigenvalue weighted by Crippen LogP contribution is -2.15. The highest BCUT2D eigenvalue weighted by atomic mass is 16.4. The fourth-order valence-electron chi connectivity index (χ4n) is 2.35. The molecule has 2 rings (SSSR count). The Hall–Kier alpha value is -1.71. The number of nitrogens with zero attached hydrogens (tertiary/aromatic N) is 1. The summed E-state index contributed by atoms with van der Waals surface area (Å²) < 4.78 is 0. The molecular weight excluding hydrogens is 206 g/mol. The van der Waals surface area contributed by atoms with E-state index in [2.05, 4.69) is 4.90 Å². The Bertz CT molecular complexity index is 417. The van der Waals surface area contributed by atoms with Crippen LogP contribution in [-0.2, 0) is 4.79 Å². The highest BCUT2D eigenvalue weighted by molar-refractivity contribution is 5.68. The Morgan fingerprint density at radius 3 is 3.00 bits per heavy atom. The van der Waals surface area contributed by atoms with Crippen LogP contribution in [0.3, 0.4) is 0 Å². The van der Waals surface area contributed by atoms with Crippen LogP contribution < -0.4 is 4.90 Å².